The molecule has 232 valence electrons. The number of benzene rings is 3. The zero-order valence-corrected chi connectivity index (χ0v) is 25.9. The maximum absolute atomic E-state index is 13.1. The lowest BCUT2D eigenvalue weighted by Gasteiger charge is -2.38. The highest BCUT2D eigenvalue weighted by molar-refractivity contribution is 5.75. The van der Waals surface area contributed by atoms with Crippen LogP contribution in [0, 0.1) is 13.8 Å². The van der Waals surface area contributed by atoms with E-state index in [1.165, 1.54) is 0 Å². The molecule has 3 aromatic carbocycles. The highest BCUT2D eigenvalue weighted by Crippen LogP contribution is 2.40. The summed E-state index contributed by atoms with van der Waals surface area (Å²) in [6, 6.07) is 25.0. The molecule has 0 aliphatic carbocycles. The molecule has 0 aliphatic rings. The molecule has 0 fully saturated rings. The number of carbonyl (C=O) groups is 1. The van der Waals surface area contributed by atoms with Gasteiger partial charge < -0.3 is 28.8 Å². The van der Waals surface area contributed by atoms with Crippen LogP contribution in [0.1, 0.15) is 40.9 Å². The van der Waals surface area contributed by atoms with Crippen LogP contribution in [0.4, 0.5) is 0 Å². The zero-order valence-electron chi connectivity index (χ0n) is 25.9. The van der Waals surface area contributed by atoms with Crippen molar-refractivity contribution in [2.45, 2.75) is 51.2 Å². The standard InChI is InChI=1S/C35H40N2O7/c1-24-21-25(2)37-34(36-24)44-32(33(38)39)35(28-16-10-7-11-17-28,19-12-15-26-13-8-6-9-14-26)43-20-18-27-22-29(40-3)31(42-5)30(23-27)41-4/h6-11,13-14,16-17,21-23,32H,12,15,18-20H2,1-5H3,(H,38,39). The summed E-state index contributed by atoms with van der Waals surface area (Å²) >= 11 is 0. The van der Waals surface area contributed by atoms with E-state index in [2.05, 4.69) is 22.1 Å². The van der Waals surface area contributed by atoms with E-state index >= 15 is 0 Å². The summed E-state index contributed by atoms with van der Waals surface area (Å²) in [5.41, 5.74) is 2.69. The Morgan fingerprint density at radius 3 is 1.93 bits per heavy atom. The average Bonchev–Trinajstić information content (AvgIpc) is 3.02. The minimum atomic E-state index is -1.44. The average molecular weight is 601 g/mol. The van der Waals surface area contributed by atoms with Gasteiger partial charge in [0.1, 0.15) is 5.60 Å². The van der Waals surface area contributed by atoms with Gasteiger partial charge in [-0.15, -0.1) is 0 Å². The monoisotopic (exact) mass is 600 g/mol. The number of ether oxygens (including phenoxy) is 5. The maximum Gasteiger partial charge on any atom is 0.348 e. The number of carboxylic acid groups (broad SMARTS) is 1. The molecule has 1 heterocycles. The van der Waals surface area contributed by atoms with Crippen molar-refractivity contribution in [3.05, 3.63) is 107 Å². The lowest BCUT2D eigenvalue weighted by atomic mass is 9.82. The number of carboxylic acids is 1. The fourth-order valence-electron chi connectivity index (χ4n) is 5.41. The van der Waals surface area contributed by atoms with Gasteiger partial charge in [-0.05, 0) is 74.4 Å². The Labute approximate surface area is 258 Å². The first kappa shape index (κ1) is 32.3. The third-order valence-corrected chi connectivity index (χ3v) is 7.43. The number of rotatable bonds is 16. The number of nitrogens with zero attached hydrogens (tertiary/aromatic N) is 2. The van der Waals surface area contributed by atoms with Gasteiger partial charge >= 0.3 is 12.0 Å². The Kier molecular flexibility index (Phi) is 11.2. The van der Waals surface area contributed by atoms with Crippen LogP contribution in [0.5, 0.6) is 23.3 Å². The number of aromatic nitrogens is 2. The Morgan fingerprint density at radius 2 is 1.39 bits per heavy atom. The molecule has 1 aromatic heterocycles. The van der Waals surface area contributed by atoms with Crippen LogP contribution >= 0.6 is 0 Å². The molecular weight excluding hydrogens is 560 g/mol. The van der Waals surface area contributed by atoms with Crippen LogP contribution in [0.2, 0.25) is 0 Å². The van der Waals surface area contributed by atoms with Crippen molar-refractivity contribution in [3.8, 4) is 23.3 Å². The van der Waals surface area contributed by atoms with Crippen molar-refractivity contribution < 1.29 is 33.6 Å². The van der Waals surface area contributed by atoms with E-state index in [0.717, 1.165) is 17.5 Å². The molecule has 2 atom stereocenters. The molecule has 2 unspecified atom stereocenters. The van der Waals surface area contributed by atoms with Gasteiger partial charge in [-0.25, -0.2) is 14.8 Å². The van der Waals surface area contributed by atoms with Crippen LogP contribution in [0.3, 0.4) is 0 Å². The molecular formula is C35H40N2O7. The van der Waals surface area contributed by atoms with E-state index in [1.807, 2.05) is 74.5 Å². The number of methoxy groups -OCH3 is 3. The van der Waals surface area contributed by atoms with Gasteiger partial charge in [0.2, 0.25) is 11.9 Å². The fraction of sp³-hybridized carbons (Fsp3) is 0.343. The maximum atomic E-state index is 13.1. The second kappa shape index (κ2) is 15.2. The Hall–Kier alpha value is -4.63. The molecule has 1 N–H and O–H groups in total. The van der Waals surface area contributed by atoms with Gasteiger partial charge in [0.15, 0.2) is 11.5 Å². The summed E-state index contributed by atoms with van der Waals surface area (Å²) in [6.45, 7) is 3.81. The van der Waals surface area contributed by atoms with Crippen LogP contribution in [0.15, 0.2) is 78.9 Å². The Morgan fingerprint density at radius 1 is 0.795 bits per heavy atom. The molecule has 0 saturated heterocycles. The zero-order chi connectivity index (χ0) is 31.5. The molecule has 9 heteroatoms. The third kappa shape index (κ3) is 7.85. The fourth-order valence-corrected chi connectivity index (χ4v) is 5.41. The minimum absolute atomic E-state index is 0.00788. The highest BCUT2D eigenvalue weighted by Gasteiger charge is 2.48. The van der Waals surface area contributed by atoms with Crippen LogP contribution in [-0.4, -0.2) is 55.1 Å². The molecule has 0 spiro atoms. The van der Waals surface area contributed by atoms with Gasteiger partial charge in [-0.1, -0.05) is 60.7 Å². The molecule has 0 bridgehead atoms. The lowest BCUT2D eigenvalue weighted by molar-refractivity contribution is -0.173. The summed E-state index contributed by atoms with van der Waals surface area (Å²) in [4.78, 5) is 21.9. The minimum Gasteiger partial charge on any atom is -0.493 e. The Balaban J connectivity index is 1.73. The van der Waals surface area contributed by atoms with E-state index in [-0.39, 0.29) is 12.6 Å². The van der Waals surface area contributed by atoms with Crippen molar-refractivity contribution in [3.63, 3.8) is 0 Å². The quantitative estimate of drug-likeness (QED) is 0.162. The normalized spacial score (nSPS) is 13.0. The SMILES string of the molecule is COc1cc(CCOC(CCCc2ccccc2)(c2ccccc2)C(Oc2nc(C)cc(C)n2)C(=O)O)cc(OC)c1OC. The summed E-state index contributed by atoms with van der Waals surface area (Å²) < 4.78 is 29.4. The number of hydrogen-bond donors (Lipinski definition) is 1. The predicted octanol–water partition coefficient (Wildman–Crippen LogP) is 6.13. The van der Waals surface area contributed by atoms with Crippen LogP contribution in [0.25, 0.3) is 0 Å². The van der Waals surface area contributed by atoms with Gasteiger partial charge in [0, 0.05) is 11.4 Å². The molecule has 0 aliphatic heterocycles. The highest BCUT2D eigenvalue weighted by atomic mass is 16.6. The van der Waals surface area contributed by atoms with Crippen LogP contribution in [-0.2, 0) is 28.0 Å². The number of hydrogen-bond acceptors (Lipinski definition) is 8. The summed E-state index contributed by atoms with van der Waals surface area (Å²) in [5.74, 6) is 0.367. The summed E-state index contributed by atoms with van der Waals surface area (Å²) in [6.07, 6.45) is 0.739. The van der Waals surface area contributed by atoms with Gasteiger partial charge in [0.05, 0.1) is 27.9 Å². The molecule has 0 amide bonds. The first-order valence-corrected chi connectivity index (χ1v) is 14.5. The first-order chi connectivity index (χ1) is 21.3. The largest absolute Gasteiger partial charge is 0.493 e. The summed E-state index contributed by atoms with van der Waals surface area (Å²) in [5, 5.41) is 10.7. The summed E-state index contributed by atoms with van der Waals surface area (Å²) in [7, 11) is 4.68. The lowest BCUT2D eigenvalue weighted by Crippen LogP contribution is -2.51. The Bertz CT molecular complexity index is 1470. The van der Waals surface area contributed by atoms with Gasteiger partial charge in [-0.3, -0.25) is 0 Å². The molecule has 44 heavy (non-hydrogen) atoms. The second-order valence-corrected chi connectivity index (χ2v) is 10.5. The first-order valence-electron chi connectivity index (χ1n) is 14.5. The van der Waals surface area contributed by atoms with Crippen molar-refractivity contribution in [2.75, 3.05) is 27.9 Å². The van der Waals surface area contributed by atoms with Crippen molar-refractivity contribution in [1.82, 2.24) is 9.97 Å². The van der Waals surface area contributed by atoms with Gasteiger partial charge in [-0.2, -0.15) is 0 Å². The molecule has 4 aromatic rings. The van der Waals surface area contributed by atoms with Crippen LogP contribution < -0.4 is 18.9 Å². The topological polar surface area (TPSA) is 109 Å². The molecule has 0 saturated carbocycles. The number of aryl methyl sites for hydroxylation is 3. The molecule has 0 radical (unpaired) electrons. The van der Waals surface area contributed by atoms with E-state index < -0.39 is 17.7 Å². The van der Waals surface area contributed by atoms with Crippen molar-refractivity contribution in [2.24, 2.45) is 0 Å². The third-order valence-electron chi connectivity index (χ3n) is 7.43. The predicted molar refractivity (Wildman–Crippen MR) is 167 cm³/mol. The number of aliphatic carboxylic acids is 1. The molecule has 9 nitrogen and oxygen atoms in total. The van der Waals surface area contributed by atoms with E-state index in [1.54, 1.807) is 27.4 Å². The van der Waals surface area contributed by atoms with E-state index in [9.17, 15) is 9.90 Å². The van der Waals surface area contributed by atoms with E-state index in [4.69, 9.17) is 23.7 Å². The molecule has 4 rings (SSSR count). The van der Waals surface area contributed by atoms with Gasteiger partial charge in [0.25, 0.3) is 0 Å². The smallest absolute Gasteiger partial charge is 0.348 e. The van der Waals surface area contributed by atoms with E-state index in [0.29, 0.717) is 53.5 Å². The second-order valence-electron chi connectivity index (χ2n) is 10.5. The van der Waals surface area contributed by atoms with Crippen molar-refractivity contribution in [1.29, 1.82) is 0 Å². The van der Waals surface area contributed by atoms with Crippen molar-refractivity contribution >= 4 is 5.97 Å².